The topological polar surface area (TPSA) is 51.8 Å². The number of rotatable bonds is 6. The molecule has 8 aromatic carbocycles. The molecule has 0 atom stereocenters. The van der Waals surface area contributed by atoms with Crippen LogP contribution >= 0.6 is 11.3 Å². The lowest BCUT2D eigenvalue weighted by Gasteiger charge is -2.10. The van der Waals surface area contributed by atoms with Gasteiger partial charge in [-0.1, -0.05) is 164 Å². The number of furan rings is 1. The predicted molar refractivity (Wildman–Crippen MR) is 233 cm³/mol. The van der Waals surface area contributed by atoms with Crippen LogP contribution in [0.2, 0.25) is 0 Å². The van der Waals surface area contributed by atoms with E-state index >= 15 is 0 Å². The van der Waals surface area contributed by atoms with Gasteiger partial charge in [0.25, 0.3) is 0 Å². The molecule has 0 spiro atoms. The molecule has 0 saturated carbocycles. The lowest BCUT2D eigenvalue weighted by Crippen LogP contribution is -2.00. The van der Waals surface area contributed by atoms with Crippen LogP contribution in [-0.4, -0.2) is 15.0 Å². The number of benzene rings is 8. The second-order valence-corrected chi connectivity index (χ2v) is 15.0. The maximum Gasteiger partial charge on any atom is 0.165 e. The number of thiophene rings is 1. The minimum absolute atomic E-state index is 0.599. The van der Waals surface area contributed by atoms with Gasteiger partial charge in [-0.3, -0.25) is 0 Å². The average molecular weight is 734 g/mol. The highest BCUT2D eigenvalue weighted by molar-refractivity contribution is 7.26. The number of fused-ring (bicyclic) bond motifs is 6. The van der Waals surface area contributed by atoms with E-state index in [2.05, 4.69) is 152 Å². The highest BCUT2D eigenvalue weighted by Crippen LogP contribution is 2.45. The molecule has 3 aromatic heterocycles. The van der Waals surface area contributed by atoms with Gasteiger partial charge < -0.3 is 4.42 Å². The van der Waals surface area contributed by atoms with Crippen molar-refractivity contribution in [3.63, 3.8) is 0 Å². The summed E-state index contributed by atoms with van der Waals surface area (Å²) in [4.78, 5) is 15.7. The van der Waals surface area contributed by atoms with Crippen LogP contribution in [0.25, 0.3) is 110 Å². The molecule has 0 aliphatic heterocycles. The molecule has 0 amide bonds. The van der Waals surface area contributed by atoms with E-state index in [0.717, 1.165) is 60.0 Å². The summed E-state index contributed by atoms with van der Waals surface area (Å²) in [5, 5.41) is 4.43. The van der Waals surface area contributed by atoms with Crippen molar-refractivity contribution >= 4 is 53.4 Å². The van der Waals surface area contributed by atoms with E-state index in [1.807, 2.05) is 36.4 Å². The number of hydrogen-bond donors (Lipinski definition) is 0. The molecular weight excluding hydrogens is 703 g/mol. The van der Waals surface area contributed by atoms with E-state index in [1.165, 1.54) is 32.2 Å². The maximum atomic E-state index is 6.74. The van der Waals surface area contributed by atoms with Crippen LogP contribution < -0.4 is 0 Å². The quantitative estimate of drug-likeness (QED) is 0.171. The normalized spacial score (nSPS) is 11.6. The summed E-state index contributed by atoms with van der Waals surface area (Å²) in [6.45, 7) is 0. The van der Waals surface area contributed by atoms with Gasteiger partial charge in [-0.15, -0.1) is 11.3 Å². The van der Waals surface area contributed by atoms with Crippen molar-refractivity contribution in [1.29, 1.82) is 0 Å². The van der Waals surface area contributed by atoms with Gasteiger partial charge in [-0.25, -0.2) is 15.0 Å². The molecule has 56 heavy (non-hydrogen) atoms. The second-order valence-electron chi connectivity index (χ2n) is 13.9. The van der Waals surface area contributed by atoms with Crippen LogP contribution in [0.3, 0.4) is 0 Å². The van der Waals surface area contributed by atoms with Gasteiger partial charge in [0.15, 0.2) is 17.5 Å². The van der Waals surface area contributed by atoms with Crippen molar-refractivity contribution in [2.24, 2.45) is 0 Å². The zero-order chi connectivity index (χ0) is 37.0. The van der Waals surface area contributed by atoms with E-state index < -0.39 is 0 Å². The Morgan fingerprint density at radius 2 is 0.911 bits per heavy atom. The standard InChI is InChI=1S/C51H31N3OS/c1-4-15-32(16-5-1)35-21-10-22-36(31-35)38-24-11-25-39-45-41(27-13-29-43(45)55-47(38)39)50-52-49(34-19-8-3-9-20-34)53-51(54-50)42-28-12-26-40-46-37(33-17-6-2-7-18-33)23-14-30-44(46)56-48(40)42/h1-31H. The van der Waals surface area contributed by atoms with Gasteiger partial charge in [0.05, 0.1) is 0 Å². The Labute approximate surface area is 327 Å². The molecule has 0 unspecified atom stereocenters. The van der Waals surface area contributed by atoms with Crippen LogP contribution in [0.4, 0.5) is 0 Å². The molecule has 11 aromatic rings. The van der Waals surface area contributed by atoms with Crippen molar-refractivity contribution in [3.05, 3.63) is 188 Å². The lowest BCUT2D eigenvalue weighted by molar-refractivity contribution is 0.670. The first-order chi connectivity index (χ1) is 27.8. The monoisotopic (exact) mass is 733 g/mol. The van der Waals surface area contributed by atoms with E-state index in [0.29, 0.717) is 17.5 Å². The summed E-state index contributed by atoms with van der Waals surface area (Å²) >= 11 is 1.78. The third-order valence-corrected chi connectivity index (χ3v) is 11.8. The Morgan fingerprint density at radius 1 is 0.357 bits per heavy atom. The SMILES string of the molecule is c1ccc(-c2cccc(-c3cccc4c3oc3cccc(-c5nc(-c6ccccc6)nc(-c6cccc7c6sc6cccc(-c8ccccc8)c67)n5)c34)c2)cc1. The Balaban J connectivity index is 1.12. The van der Waals surface area contributed by atoms with E-state index in [1.54, 1.807) is 11.3 Å². The van der Waals surface area contributed by atoms with Gasteiger partial charge in [-0.2, -0.15) is 0 Å². The van der Waals surface area contributed by atoms with Gasteiger partial charge in [-0.05, 0) is 52.1 Å². The molecule has 0 bridgehead atoms. The molecule has 5 heteroatoms. The number of para-hydroxylation sites is 1. The van der Waals surface area contributed by atoms with Gasteiger partial charge in [0.2, 0.25) is 0 Å². The van der Waals surface area contributed by atoms with E-state index in [4.69, 9.17) is 19.4 Å². The molecule has 3 heterocycles. The zero-order valence-electron chi connectivity index (χ0n) is 30.1. The molecular formula is C51H31N3OS. The Morgan fingerprint density at radius 3 is 1.70 bits per heavy atom. The summed E-state index contributed by atoms with van der Waals surface area (Å²) in [5.74, 6) is 1.86. The maximum absolute atomic E-state index is 6.74. The number of aromatic nitrogens is 3. The highest BCUT2D eigenvalue weighted by Gasteiger charge is 2.21. The summed E-state index contributed by atoms with van der Waals surface area (Å²) in [7, 11) is 0. The van der Waals surface area contributed by atoms with Crippen LogP contribution in [0, 0.1) is 0 Å². The summed E-state index contributed by atoms with van der Waals surface area (Å²) in [6, 6.07) is 65.5. The molecule has 0 N–H and O–H groups in total. The zero-order valence-corrected chi connectivity index (χ0v) is 30.9. The van der Waals surface area contributed by atoms with E-state index in [-0.39, 0.29) is 0 Å². The minimum Gasteiger partial charge on any atom is -0.455 e. The highest BCUT2D eigenvalue weighted by atomic mass is 32.1. The average Bonchev–Trinajstić information content (AvgIpc) is 3.86. The van der Waals surface area contributed by atoms with Crippen molar-refractivity contribution in [2.45, 2.75) is 0 Å². The van der Waals surface area contributed by atoms with Crippen LogP contribution in [0.15, 0.2) is 192 Å². The van der Waals surface area contributed by atoms with Crippen molar-refractivity contribution in [3.8, 4) is 67.5 Å². The first kappa shape index (κ1) is 32.2. The molecule has 11 rings (SSSR count). The molecule has 262 valence electrons. The fraction of sp³-hybridized carbons (Fsp3) is 0. The Hall–Kier alpha value is -7.21. The smallest absolute Gasteiger partial charge is 0.165 e. The van der Waals surface area contributed by atoms with Gasteiger partial charge in [0, 0.05) is 53.2 Å². The number of nitrogens with zero attached hydrogens (tertiary/aromatic N) is 3. The second kappa shape index (κ2) is 13.3. The molecule has 0 saturated heterocycles. The van der Waals surface area contributed by atoms with Crippen molar-refractivity contribution < 1.29 is 4.42 Å². The van der Waals surface area contributed by atoms with Crippen molar-refractivity contribution in [2.75, 3.05) is 0 Å². The molecule has 0 radical (unpaired) electrons. The summed E-state index contributed by atoms with van der Waals surface area (Å²) < 4.78 is 9.12. The summed E-state index contributed by atoms with van der Waals surface area (Å²) in [5.41, 5.74) is 11.3. The van der Waals surface area contributed by atoms with Crippen LogP contribution in [0.1, 0.15) is 0 Å². The fourth-order valence-electron chi connectivity index (χ4n) is 7.97. The lowest BCUT2D eigenvalue weighted by atomic mass is 9.97. The third kappa shape index (κ3) is 5.40. The number of hydrogen-bond acceptors (Lipinski definition) is 5. The first-order valence-corrected chi connectivity index (χ1v) is 19.5. The molecule has 0 aliphatic rings. The van der Waals surface area contributed by atoms with Gasteiger partial charge in [0.1, 0.15) is 11.2 Å². The first-order valence-electron chi connectivity index (χ1n) is 18.7. The summed E-state index contributed by atoms with van der Waals surface area (Å²) in [6.07, 6.45) is 0. The largest absolute Gasteiger partial charge is 0.455 e. The van der Waals surface area contributed by atoms with Crippen molar-refractivity contribution in [1.82, 2.24) is 15.0 Å². The molecule has 0 aliphatic carbocycles. The Bertz CT molecular complexity index is 3240. The minimum atomic E-state index is 0.599. The molecule has 4 nitrogen and oxygen atoms in total. The van der Waals surface area contributed by atoms with Gasteiger partial charge >= 0.3 is 0 Å². The van der Waals surface area contributed by atoms with Crippen LogP contribution in [0.5, 0.6) is 0 Å². The third-order valence-electron chi connectivity index (χ3n) is 10.6. The fourth-order valence-corrected chi connectivity index (χ4v) is 9.21. The Kier molecular flexibility index (Phi) is 7.64. The van der Waals surface area contributed by atoms with Crippen LogP contribution in [-0.2, 0) is 0 Å². The molecule has 0 fully saturated rings. The van der Waals surface area contributed by atoms with E-state index in [9.17, 15) is 0 Å². The predicted octanol–water partition coefficient (Wildman–Crippen LogP) is 14.1.